The van der Waals surface area contributed by atoms with Crippen LogP contribution in [-0.4, -0.2) is 51.8 Å². The Balaban J connectivity index is 1.83. The van der Waals surface area contributed by atoms with E-state index in [9.17, 15) is 0 Å². The largest absolute Gasteiger partial charge is 0.496 e. The van der Waals surface area contributed by atoms with Crippen molar-refractivity contribution in [1.82, 2.24) is 10.2 Å². The molecule has 1 heterocycles. The van der Waals surface area contributed by atoms with E-state index >= 15 is 0 Å². The fourth-order valence-electron chi connectivity index (χ4n) is 2.70. The maximum atomic E-state index is 6.20. The minimum absolute atomic E-state index is 0.649. The van der Waals surface area contributed by atoms with Crippen molar-refractivity contribution in [2.45, 2.75) is 19.3 Å². The number of halogens is 1. The van der Waals surface area contributed by atoms with Crippen LogP contribution in [0.15, 0.2) is 12.1 Å². The van der Waals surface area contributed by atoms with Gasteiger partial charge in [0.25, 0.3) is 0 Å². The van der Waals surface area contributed by atoms with Crippen LogP contribution in [0, 0.1) is 0 Å². The molecule has 1 fully saturated rings. The van der Waals surface area contributed by atoms with Crippen LogP contribution in [-0.2, 0) is 6.42 Å². The third kappa shape index (κ3) is 4.77. The van der Waals surface area contributed by atoms with Crippen LogP contribution in [0.5, 0.6) is 11.5 Å². The summed E-state index contributed by atoms with van der Waals surface area (Å²) < 4.78 is 10.7. The Hall–Kier alpha value is -0.970. The number of hydrogen-bond acceptors (Lipinski definition) is 4. The number of nitrogens with zero attached hydrogens (tertiary/aromatic N) is 1. The summed E-state index contributed by atoms with van der Waals surface area (Å²) in [5, 5.41) is 4.03. The Morgan fingerprint density at radius 2 is 1.81 bits per heavy atom. The van der Waals surface area contributed by atoms with E-state index in [0.29, 0.717) is 10.8 Å². The van der Waals surface area contributed by atoms with E-state index in [0.717, 1.165) is 50.3 Å². The molecule has 1 N–H and O–H groups in total. The SMILES string of the molecule is COc1cc(OC)c(CCCCN2CCNCC2)cc1Cl. The van der Waals surface area contributed by atoms with Crippen LogP contribution in [0.25, 0.3) is 0 Å². The first kappa shape index (κ1) is 16.4. The summed E-state index contributed by atoms with van der Waals surface area (Å²) in [7, 11) is 3.31. The Morgan fingerprint density at radius 1 is 1.10 bits per heavy atom. The van der Waals surface area contributed by atoms with Gasteiger partial charge in [0.15, 0.2) is 0 Å². The summed E-state index contributed by atoms with van der Waals surface area (Å²) in [4.78, 5) is 2.52. The van der Waals surface area contributed by atoms with Gasteiger partial charge < -0.3 is 19.7 Å². The highest BCUT2D eigenvalue weighted by molar-refractivity contribution is 6.32. The number of unbranched alkanes of at least 4 members (excludes halogenated alkanes) is 1. The average molecular weight is 313 g/mol. The molecule has 0 saturated carbocycles. The Labute approximate surface area is 132 Å². The first-order valence-corrected chi connectivity index (χ1v) is 7.96. The zero-order chi connectivity index (χ0) is 15.1. The molecule has 0 aromatic heterocycles. The quantitative estimate of drug-likeness (QED) is 0.785. The van der Waals surface area contributed by atoms with Crippen LogP contribution in [0.3, 0.4) is 0 Å². The topological polar surface area (TPSA) is 33.7 Å². The molecule has 1 aliphatic heterocycles. The highest BCUT2D eigenvalue weighted by Gasteiger charge is 2.11. The van der Waals surface area contributed by atoms with E-state index in [2.05, 4.69) is 10.2 Å². The van der Waals surface area contributed by atoms with Crippen molar-refractivity contribution in [2.24, 2.45) is 0 Å². The number of nitrogens with one attached hydrogen (secondary N) is 1. The van der Waals surface area contributed by atoms with Gasteiger partial charge in [-0.3, -0.25) is 0 Å². The Bertz CT molecular complexity index is 448. The van der Waals surface area contributed by atoms with Gasteiger partial charge in [0.2, 0.25) is 0 Å². The fraction of sp³-hybridized carbons (Fsp3) is 0.625. The molecule has 0 radical (unpaired) electrons. The molecule has 1 aliphatic rings. The van der Waals surface area contributed by atoms with Gasteiger partial charge in [0.1, 0.15) is 11.5 Å². The number of ether oxygens (including phenoxy) is 2. The molecule has 1 aromatic carbocycles. The van der Waals surface area contributed by atoms with Gasteiger partial charge in [-0.05, 0) is 37.4 Å². The molecular weight excluding hydrogens is 288 g/mol. The predicted octanol–water partition coefficient (Wildman–Crippen LogP) is 2.59. The van der Waals surface area contributed by atoms with Gasteiger partial charge in [-0.1, -0.05) is 11.6 Å². The summed E-state index contributed by atoms with van der Waals surface area (Å²) in [5.41, 5.74) is 1.16. The van der Waals surface area contributed by atoms with E-state index in [-0.39, 0.29) is 0 Å². The second-order valence-electron chi connectivity index (χ2n) is 5.35. The lowest BCUT2D eigenvalue weighted by atomic mass is 10.1. The van der Waals surface area contributed by atoms with Crippen LogP contribution in [0.4, 0.5) is 0 Å². The normalized spacial score (nSPS) is 16.0. The lowest BCUT2D eigenvalue weighted by Gasteiger charge is -2.27. The zero-order valence-corrected chi connectivity index (χ0v) is 13.7. The van der Waals surface area contributed by atoms with E-state index < -0.39 is 0 Å². The van der Waals surface area contributed by atoms with Crippen molar-refractivity contribution in [3.8, 4) is 11.5 Å². The number of methoxy groups -OCH3 is 2. The van der Waals surface area contributed by atoms with Crippen LogP contribution in [0.1, 0.15) is 18.4 Å². The molecule has 0 spiro atoms. The molecule has 21 heavy (non-hydrogen) atoms. The minimum Gasteiger partial charge on any atom is -0.496 e. The van der Waals surface area contributed by atoms with Crippen LogP contribution >= 0.6 is 11.6 Å². The van der Waals surface area contributed by atoms with Crippen molar-refractivity contribution in [3.05, 3.63) is 22.7 Å². The lowest BCUT2D eigenvalue weighted by molar-refractivity contribution is 0.236. The summed E-state index contributed by atoms with van der Waals surface area (Å²) in [6.07, 6.45) is 3.33. The maximum Gasteiger partial charge on any atom is 0.141 e. The number of benzene rings is 1. The van der Waals surface area contributed by atoms with Crippen molar-refractivity contribution >= 4 is 11.6 Å². The van der Waals surface area contributed by atoms with Gasteiger partial charge in [-0.15, -0.1) is 0 Å². The van der Waals surface area contributed by atoms with E-state index in [4.69, 9.17) is 21.1 Å². The van der Waals surface area contributed by atoms with Gasteiger partial charge in [0, 0.05) is 32.2 Å². The minimum atomic E-state index is 0.649. The molecule has 5 heteroatoms. The standard InChI is InChI=1S/C16H25ClN2O2/c1-20-15-12-16(21-2)14(17)11-13(15)5-3-4-8-19-9-6-18-7-10-19/h11-12,18H,3-10H2,1-2H3. The van der Waals surface area contributed by atoms with Gasteiger partial charge in [-0.2, -0.15) is 0 Å². The van der Waals surface area contributed by atoms with Crippen LogP contribution in [0.2, 0.25) is 5.02 Å². The molecule has 118 valence electrons. The van der Waals surface area contributed by atoms with E-state index in [1.165, 1.54) is 13.0 Å². The molecule has 4 nitrogen and oxygen atoms in total. The molecule has 0 aliphatic carbocycles. The van der Waals surface area contributed by atoms with Gasteiger partial charge >= 0.3 is 0 Å². The molecular formula is C16H25ClN2O2. The maximum absolute atomic E-state index is 6.20. The van der Waals surface area contributed by atoms with Gasteiger partial charge in [-0.25, -0.2) is 0 Å². The zero-order valence-electron chi connectivity index (χ0n) is 13.0. The van der Waals surface area contributed by atoms with Crippen molar-refractivity contribution < 1.29 is 9.47 Å². The monoisotopic (exact) mass is 312 g/mol. The highest BCUT2D eigenvalue weighted by atomic mass is 35.5. The number of aryl methyl sites for hydroxylation is 1. The first-order valence-electron chi connectivity index (χ1n) is 7.58. The first-order chi connectivity index (χ1) is 10.2. The number of rotatable bonds is 7. The lowest BCUT2D eigenvalue weighted by Crippen LogP contribution is -2.43. The summed E-state index contributed by atoms with van der Waals surface area (Å²) >= 11 is 6.20. The molecule has 1 saturated heterocycles. The summed E-state index contributed by atoms with van der Waals surface area (Å²) in [5.74, 6) is 1.52. The second-order valence-corrected chi connectivity index (χ2v) is 5.75. The second kappa shape index (κ2) is 8.47. The highest BCUT2D eigenvalue weighted by Crippen LogP contribution is 2.33. The average Bonchev–Trinajstić information content (AvgIpc) is 2.52. The molecule has 0 unspecified atom stereocenters. The Morgan fingerprint density at radius 3 is 2.48 bits per heavy atom. The molecule has 0 atom stereocenters. The third-order valence-corrected chi connectivity index (χ3v) is 4.23. The summed E-state index contributed by atoms with van der Waals surface area (Å²) in [6.45, 7) is 5.73. The predicted molar refractivity (Wildman–Crippen MR) is 86.8 cm³/mol. The molecule has 0 bridgehead atoms. The fourth-order valence-corrected chi connectivity index (χ4v) is 2.97. The summed E-state index contributed by atoms with van der Waals surface area (Å²) in [6, 6.07) is 3.83. The van der Waals surface area contributed by atoms with Crippen molar-refractivity contribution in [3.63, 3.8) is 0 Å². The third-order valence-electron chi connectivity index (χ3n) is 3.93. The number of piperazine rings is 1. The smallest absolute Gasteiger partial charge is 0.141 e. The van der Waals surface area contributed by atoms with E-state index in [1.54, 1.807) is 14.2 Å². The Kier molecular flexibility index (Phi) is 6.61. The molecule has 0 amide bonds. The van der Waals surface area contributed by atoms with Crippen molar-refractivity contribution in [1.29, 1.82) is 0 Å². The molecule has 1 aromatic rings. The van der Waals surface area contributed by atoms with Crippen molar-refractivity contribution in [2.75, 3.05) is 46.9 Å². The van der Waals surface area contributed by atoms with Crippen LogP contribution < -0.4 is 14.8 Å². The molecule has 2 rings (SSSR count). The van der Waals surface area contributed by atoms with Gasteiger partial charge in [0.05, 0.1) is 19.2 Å². The van der Waals surface area contributed by atoms with E-state index in [1.807, 2.05) is 12.1 Å². The number of hydrogen-bond donors (Lipinski definition) is 1.